The number of hydrogen-bond acceptors (Lipinski definition) is 7. The van der Waals surface area contributed by atoms with Crippen LogP contribution in [0, 0.1) is 10.1 Å². The van der Waals surface area contributed by atoms with Gasteiger partial charge in [0.25, 0.3) is 5.69 Å². The third kappa shape index (κ3) is 4.47. The molecule has 1 aliphatic rings. The zero-order valence-electron chi connectivity index (χ0n) is 15.9. The molecular weight excluding hydrogens is 451 g/mol. The van der Waals surface area contributed by atoms with E-state index in [0.717, 1.165) is 23.9 Å². The molecule has 7 nitrogen and oxygen atoms in total. The minimum atomic E-state index is -4.72. The van der Waals surface area contributed by atoms with Gasteiger partial charge in [-0.1, -0.05) is 23.9 Å². The topological polar surface area (TPSA) is 87.9 Å². The number of nitro benzene ring substituents is 1. The Morgan fingerprint density at radius 2 is 1.75 bits per heavy atom. The molecule has 0 unspecified atom stereocenters. The van der Waals surface area contributed by atoms with Crippen LogP contribution in [0.2, 0.25) is 0 Å². The molecular formula is C21H12F3NO6S. The number of carbonyl (C=O) groups excluding carboxylic acids is 1. The van der Waals surface area contributed by atoms with Crippen molar-refractivity contribution >= 4 is 23.4 Å². The van der Waals surface area contributed by atoms with Crippen molar-refractivity contribution in [1.82, 2.24) is 0 Å². The summed E-state index contributed by atoms with van der Waals surface area (Å²) in [4.78, 5) is 23.4. The van der Waals surface area contributed by atoms with Gasteiger partial charge < -0.3 is 14.2 Å². The number of rotatable bonds is 5. The minimum absolute atomic E-state index is 0.0497. The first-order chi connectivity index (χ1) is 15.2. The van der Waals surface area contributed by atoms with Crippen LogP contribution in [0.15, 0.2) is 70.5 Å². The molecule has 0 atom stereocenters. The van der Waals surface area contributed by atoms with Crippen molar-refractivity contribution in [2.45, 2.75) is 16.0 Å². The van der Waals surface area contributed by atoms with Crippen LogP contribution in [-0.4, -0.2) is 17.7 Å². The molecule has 0 aromatic heterocycles. The highest BCUT2D eigenvalue weighted by Crippen LogP contribution is 2.40. The van der Waals surface area contributed by atoms with Gasteiger partial charge in [-0.15, -0.1) is 0 Å². The van der Waals surface area contributed by atoms with Crippen LogP contribution in [0.4, 0.5) is 18.9 Å². The molecule has 1 aliphatic heterocycles. The third-order valence-electron chi connectivity index (χ3n) is 4.36. The molecule has 1 heterocycles. The van der Waals surface area contributed by atoms with Gasteiger partial charge in [0.1, 0.15) is 5.75 Å². The fourth-order valence-corrected chi connectivity index (χ4v) is 3.89. The summed E-state index contributed by atoms with van der Waals surface area (Å²) >= 11 is 0.793. The van der Waals surface area contributed by atoms with Gasteiger partial charge in [-0.05, 0) is 36.4 Å². The van der Waals surface area contributed by atoms with Crippen LogP contribution in [0.3, 0.4) is 0 Å². The third-order valence-corrected chi connectivity index (χ3v) is 5.51. The Morgan fingerprint density at radius 1 is 1.00 bits per heavy atom. The van der Waals surface area contributed by atoms with Crippen LogP contribution in [-0.2, 0) is 6.18 Å². The Morgan fingerprint density at radius 3 is 2.50 bits per heavy atom. The van der Waals surface area contributed by atoms with Gasteiger partial charge in [-0.2, -0.15) is 13.2 Å². The molecule has 0 saturated carbocycles. The molecule has 32 heavy (non-hydrogen) atoms. The van der Waals surface area contributed by atoms with E-state index in [4.69, 9.17) is 14.2 Å². The Labute approximate surface area is 182 Å². The van der Waals surface area contributed by atoms with Crippen LogP contribution >= 0.6 is 11.8 Å². The van der Waals surface area contributed by atoms with E-state index in [-0.39, 0.29) is 27.9 Å². The molecule has 0 amide bonds. The first-order valence-electron chi connectivity index (χ1n) is 8.97. The first kappa shape index (κ1) is 21.5. The van der Waals surface area contributed by atoms with E-state index in [9.17, 15) is 28.1 Å². The van der Waals surface area contributed by atoms with Gasteiger partial charge in [-0.3, -0.25) is 10.1 Å². The number of hydrogen-bond donors (Lipinski definition) is 0. The van der Waals surface area contributed by atoms with Gasteiger partial charge in [0.15, 0.2) is 11.5 Å². The number of benzene rings is 3. The van der Waals surface area contributed by atoms with E-state index in [1.165, 1.54) is 24.3 Å². The quantitative estimate of drug-likeness (QED) is 0.207. The highest BCUT2D eigenvalue weighted by molar-refractivity contribution is 7.99. The summed E-state index contributed by atoms with van der Waals surface area (Å²) in [5.74, 6) is 0.370. The molecule has 3 aromatic carbocycles. The Hall–Kier alpha value is -3.73. The monoisotopic (exact) mass is 463 g/mol. The fraction of sp³-hybridized carbons (Fsp3) is 0.0952. The number of nitro groups is 1. The normalized spacial score (nSPS) is 12.5. The number of halogens is 3. The Balaban J connectivity index is 1.61. The average Bonchev–Trinajstić information content (AvgIpc) is 3.21. The lowest BCUT2D eigenvalue weighted by atomic mass is 10.2. The van der Waals surface area contributed by atoms with Crippen LogP contribution in [0.25, 0.3) is 0 Å². The van der Waals surface area contributed by atoms with E-state index in [0.29, 0.717) is 17.6 Å². The number of carbonyl (C=O) groups is 1. The maximum absolute atomic E-state index is 12.9. The lowest BCUT2D eigenvalue weighted by molar-refractivity contribution is -0.388. The molecule has 0 spiro atoms. The highest BCUT2D eigenvalue weighted by atomic mass is 32.2. The largest absolute Gasteiger partial charge is 0.454 e. The molecule has 0 N–H and O–H groups in total. The highest BCUT2D eigenvalue weighted by Gasteiger charge is 2.33. The van der Waals surface area contributed by atoms with E-state index in [1.807, 2.05) is 0 Å². The Kier molecular flexibility index (Phi) is 5.66. The van der Waals surface area contributed by atoms with Crippen molar-refractivity contribution in [3.63, 3.8) is 0 Å². The summed E-state index contributed by atoms with van der Waals surface area (Å²) in [5.41, 5.74) is -1.77. The van der Waals surface area contributed by atoms with E-state index in [2.05, 4.69) is 0 Å². The summed E-state index contributed by atoms with van der Waals surface area (Å²) in [5, 5.41) is 11.4. The predicted molar refractivity (Wildman–Crippen MR) is 106 cm³/mol. The summed E-state index contributed by atoms with van der Waals surface area (Å²) < 4.78 is 54.6. The fourth-order valence-electron chi connectivity index (χ4n) is 2.87. The zero-order chi connectivity index (χ0) is 22.9. The van der Waals surface area contributed by atoms with E-state index < -0.39 is 28.3 Å². The summed E-state index contributed by atoms with van der Waals surface area (Å²) in [7, 11) is 0. The minimum Gasteiger partial charge on any atom is -0.454 e. The molecule has 0 radical (unpaired) electrons. The van der Waals surface area contributed by atoms with E-state index >= 15 is 0 Å². The number of ether oxygens (including phenoxy) is 3. The molecule has 4 rings (SSSR count). The summed E-state index contributed by atoms with van der Waals surface area (Å²) in [6.07, 6.45) is -4.72. The first-order valence-corrected chi connectivity index (χ1v) is 9.78. The van der Waals surface area contributed by atoms with Crippen LogP contribution in [0.5, 0.6) is 17.2 Å². The van der Waals surface area contributed by atoms with Gasteiger partial charge >= 0.3 is 12.1 Å². The van der Waals surface area contributed by atoms with Crippen molar-refractivity contribution < 1.29 is 37.1 Å². The number of esters is 1. The van der Waals surface area contributed by atoms with Gasteiger partial charge in [0.05, 0.1) is 20.9 Å². The molecule has 0 bridgehead atoms. The second-order valence-corrected chi connectivity index (χ2v) is 7.52. The summed E-state index contributed by atoms with van der Waals surface area (Å²) in [6, 6.07) is 12.9. The average molecular weight is 463 g/mol. The van der Waals surface area contributed by atoms with Gasteiger partial charge in [0, 0.05) is 17.0 Å². The lowest BCUT2D eigenvalue weighted by Crippen LogP contribution is -2.10. The number of alkyl halides is 3. The second kappa shape index (κ2) is 8.42. The van der Waals surface area contributed by atoms with Gasteiger partial charge in [-0.25, -0.2) is 4.79 Å². The maximum atomic E-state index is 12.9. The SMILES string of the molecule is O=C(Oc1ccc2c(c1)OCO2)c1ccccc1Sc1ccc(C(F)(F)F)cc1[N+](=O)[O-]. The van der Waals surface area contributed by atoms with Crippen molar-refractivity contribution in [3.8, 4) is 17.2 Å². The van der Waals surface area contributed by atoms with E-state index in [1.54, 1.807) is 18.2 Å². The molecule has 0 fully saturated rings. The standard InChI is InChI=1S/C21H12F3NO6S/c22-21(23,24)12-5-8-19(15(9-12)25(27)28)32-18-4-2-1-3-14(18)20(26)31-13-6-7-16-17(10-13)30-11-29-16/h1-10H,11H2. The van der Waals surface area contributed by atoms with Gasteiger partial charge in [0.2, 0.25) is 6.79 Å². The van der Waals surface area contributed by atoms with Crippen molar-refractivity contribution in [2.24, 2.45) is 0 Å². The number of fused-ring (bicyclic) bond motifs is 1. The smallest absolute Gasteiger partial charge is 0.416 e. The Bertz CT molecular complexity index is 1210. The lowest BCUT2D eigenvalue weighted by Gasteiger charge is -2.11. The second-order valence-electron chi connectivity index (χ2n) is 6.44. The van der Waals surface area contributed by atoms with Crippen molar-refractivity contribution in [1.29, 1.82) is 0 Å². The molecule has 164 valence electrons. The van der Waals surface area contributed by atoms with Crippen molar-refractivity contribution in [2.75, 3.05) is 6.79 Å². The zero-order valence-corrected chi connectivity index (χ0v) is 16.7. The summed E-state index contributed by atoms with van der Waals surface area (Å²) in [6.45, 7) is 0.0537. The molecule has 11 heteroatoms. The predicted octanol–water partition coefficient (Wildman–Crippen LogP) is 5.71. The maximum Gasteiger partial charge on any atom is 0.416 e. The molecule has 0 saturated heterocycles. The van der Waals surface area contributed by atoms with Crippen LogP contribution in [0.1, 0.15) is 15.9 Å². The number of nitrogens with zero attached hydrogens (tertiary/aromatic N) is 1. The van der Waals surface area contributed by atoms with Crippen LogP contribution < -0.4 is 14.2 Å². The molecule has 3 aromatic rings. The van der Waals surface area contributed by atoms with Crippen molar-refractivity contribution in [3.05, 3.63) is 81.9 Å². The molecule has 0 aliphatic carbocycles.